The van der Waals surface area contributed by atoms with Crippen LogP contribution in [0.1, 0.15) is 45.4 Å². The Morgan fingerprint density at radius 1 is 1.37 bits per heavy atom. The summed E-state index contributed by atoms with van der Waals surface area (Å²) in [6.45, 7) is 6.97. The zero-order chi connectivity index (χ0) is 13.9. The summed E-state index contributed by atoms with van der Waals surface area (Å²) in [6, 6.07) is 0.136. The molecular formula is C15H28N4. The first-order chi connectivity index (χ1) is 9.08. The molecule has 0 aromatic carbocycles. The number of aryl methyl sites for hydroxylation is 1. The SMILES string of the molecule is CCC(C)(C(N)Cc1nccn1C)N1CCCCC1. The maximum atomic E-state index is 6.56. The largest absolute Gasteiger partial charge is 0.338 e. The van der Waals surface area contributed by atoms with Crippen molar-refractivity contribution in [1.82, 2.24) is 14.5 Å². The summed E-state index contributed by atoms with van der Waals surface area (Å²) in [7, 11) is 2.04. The smallest absolute Gasteiger partial charge is 0.109 e. The van der Waals surface area contributed by atoms with Crippen LogP contribution in [0, 0.1) is 0 Å². The zero-order valence-corrected chi connectivity index (χ0v) is 12.6. The lowest BCUT2D eigenvalue weighted by molar-refractivity contribution is 0.0539. The summed E-state index contributed by atoms with van der Waals surface area (Å²) in [6.07, 6.45) is 9.78. The minimum atomic E-state index is 0.0897. The molecule has 2 unspecified atom stereocenters. The Morgan fingerprint density at radius 3 is 2.58 bits per heavy atom. The van der Waals surface area contributed by atoms with Gasteiger partial charge in [-0.05, 0) is 39.3 Å². The van der Waals surface area contributed by atoms with Gasteiger partial charge < -0.3 is 10.3 Å². The fourth-order valence-corrected chi connectivity index (χ4v) is 3.13. The van der Waals surface area contributed by atoms with Gasteiger partial charge in [0, 0.05) is 37.4 Å². The van der Waals surface area contributed by atoms with Crippen LogP contribution in [0.2, 0.25) is 0 Å². The topological polar surface area (TPSA) is 47.1 Å². The highest BCUT2D eigenvalue weighted by molar-refractivity contribution is 5.02. The molecule has 0 saturated carbocycles. The van der Waals surface area contributed by atoms with Gasteiger partial charge in [0.05, 0.1) is 0 Å². The van der Waals surface area contributed by atoms with Crippen LogP contribution in [-0.2, 0) is 13.5 Å². The Kier molecular flexibility index (Phi) is 4.63. The lowest BCUT2D eigenvalue weighted by Gasteiger charge is -2.46. The molecule has 2 heterocycles. The number of hydrogen-bond donors (Lipinski definition) is 1. The van der Waals surface area contributed by atoms with Crippen molar-refractivity contribution >= 4 is 0 Å². The fourth-order valence-electron chi connectivity index (χ4n) is 3.13. The minimum Gasteiger partial charge on any atom is -0.338 e. The molecule has 1 aromatic heterocycles. The van der Waals surface area contributed by atoms with Crippen LogP contribution in [0.5, 0.6) is 0 Å². The first-order valence-electron chi connectivity index (χ1n) is 7.54. The standard InChI is InChI=1S/C15H28N4/c1-4-15(2,19-9-6-5-7-10-19)13(16)12-14-17-8-11-18(14)3/h8,11,13H,4-7,9-10,12,16H2,1-3H3. The molecule has 0 bridgehead atoms. The quantitative estimate of drug-likeness (QED) is 0.884. The van der Waals surface area contributed by atoms with Crippen molar-refractivity contribution in [3.8, 4) is 0 Å². The van der Waals surface area contributed by atoms with Crippen LogP contribution in [0.4, 0.5) is 0 Å². The van der Waals surface area contributed by atoms with Crippen molar-refractivity contribution in [2.24, 2.45) is 12.8 Å². The number of nitrogens with two attached hydrogens (primary N) is 1. The fraction of sp³-hybridized carbons (Fsp3) is 0.800. The van der Waals surface area contributed by atoms with Gasteiger partial charge in [-0.3, -0.25) is 4.90 Å². The summed E-state index contributed by atoms with van der Waals surface area (Å²) in [5, 5.41) is 0. The normalized spacial score (nSPS) is 22.1. The number of imidazole rings is 1. The average molecular weight is 264 g/mol. The van der Waals surface area contributed by atoms with Gasteiger partial charge in [-0.2, -0.15) is 0 Å². The van der Waals surface area contributed by atoms with Crippen LogP contribution in [0.15, 0.2) is 12.4 Å². The number of rotatable bonds is 5. The van der Waals surface area contributed by atoms with Crippen LogP contribution in [0.3, 0.4) is 0 Å². The highest BCUT2D eigenvalue weighted by atomic mass is 15.2. The van der Waals surface area contributed by atoms with Crippen LogP contribution >= 0.6 is 0 Å². The van der Waals surface area contributed by atoms with Gasteiger partial charge in [-0.1, -0.05) is 13.3 Å². The Labute approximate surface area is 117 Å². The Balaban J connectivity index is 2.08. The molecule has 19 heavy (non-hydrogen) atoms. The molecule has 1 fully saturated rings. The molecule has 4 nitrogen and oxygen atoms in total. The van der Waals surface area contributed by atoms with Crippen molar-refractivity contribution < 1.29 is 0 Å². The number of likely N-dealkylation sites (tertiary alicyclic amines) is 1. The number of aromatic nitrogens is 2. The van der Waals surface area contributed by atoms with Gasteiger partial charge in [0.25, 0.3) is 0 Å². The molecule has 2 N–H and O–H groups in total. The highest BCUT2D eigenvalue weighted by Gasteiger charge is 2.37. The molecule has 0 radical (unpaired) electrons. The number of hydrogen-bond acceptors (Lipinski definition) is 3. The molecule has 0 spiro atoms. The van der Waals surface area contributed by atoms with Crippen molar-refractivity contribution in [3.05, 3.63) is 18.2 Å². The van der Waals surface area contributed by atoms with Gasteiger partial charge in [0.1, 0.15) is 5.82 Å². The van der Waals surface area contributed by atoms with Crippen LogP contribution in [-0.4, -0.2) is 39.1 Å². The number of piperidine rings is 1. The second kappa shape index (κ2) is 6.06. The number of nitrogens with zero attached hydrogens (tertiary/aromatic N) is 3. The molecule has 2 rings (SSSR count). The molecule has 1 aromatic rings. The molecule has 1 saturated heterocycles. The van der Waals surface area contributed by atoms with Crippen molar-refractivity contribution in [2.45, 2.75) is 57.5 Å². The predicted octanol–water partition coefficient (Wildman–Crippen LogP) is 1.94. The monoisotopic (exact) mass is 264 g/mol. The maximum absolute atomic E-state index is 6.56. The van der Waals surface area contributed by atoms with E-state index in [9.17, 15) is 0 Å². The second-order valence-electron chi connectivity index (χ2n) is 6.02. The van der Waals surface area contributed by atoms with Crippen molar-refractivity contribution in [3.63, 3.8) is 0 Å². The van der Waals surface area contributed by atoms with E-state index in [0.717, 1.165) is 18.7 Å². The third kappa shape index (κ3) is 3.00. The lowest BCUT2D eigenvalue weighted by atomic mass is 9.84. The maximum Gasteiger partial charge on any atom is 0.109 e. The van der Waals surface area contributed by atoms with E-state index in [1.54, 1.807) is 0 Å². The average Bonchev–Trinajstić information content (AvgIpc) is 2.84. The van der Waals surface area contributed by atoms with E-state index in [1.165, 1.54) is 32.4 Å². The molecule has 108 valence electrons. The molecule has 0 amide bonds. The van der Waals surface area contributed by atoms with Crippen LogP contribution in [0.25, 0.3) is 0 Å². The van der Waals surface area contributed by atoms with Gasteiger partial charge in [-0.15, -0.1) is 0 Å². The molecule has 0 aliphatic carbocycles. The van der Waals surface area contributed by atoms with Gasteiger partial charge in [0.15, 0.2) is 0 Å². The summed E-state index contributed by atoms with van der Waals surface area (Å²) < 4.78 is 2.08. The second-order valence-corrected chi connectivity index (χ2v) is 6.02. The molecule has 1 aliphatic heterocycles. The molecule has 4 heteroatoms. The Bertz CT molecular complexity index is 395. The highest BCUT2D eigenvalue weighted by Crippen LogP contribution is 2.27. The first kappa shape index (κ1) is 14.5. The summed E-state index contributed by atoms with van der Waals surface area (Å²) in [5.41, 5.74) is 6.65. The van der Waals surface area contributed by atoms with E-state index in [-0.39, 0.29) is 11.6 Å². The Hall–Kier alpha value is -0.870. The summed E-state index contributed by atoms with van der Waals surface area (Å²) in [5.74, 6) is 1.09. The van der Waals surface area contributed by atoms with E-state index < -0.39 is 0 Å². The van der Waals surface area contributed by atoms with E-state index in [4.69, 9.17) is 5.73 Å². The summed E-state index contributed by atoms with van der Waals surface area (Å²) in [4.78, 5) is 7.01. The predicted molar refractivity (Wildman–Crippen MR) is 79.0 cm³/mol. The third-order valence-corrected chi connectivity index (χ3v) is 4.92. The lowest BCUT2D eigenvalue weighted by Crippen LogP contribution is -2.60. The van der Waals surface area contributed by atoms with Crippen molar-refractivity contribution in [1.29, 1.82) is 0 Å². The van der Waals surface area contributed by atoms with Gasteiger partial charge >= 0.3 is 0 Å². The van der Waals surface area contributed by atoms with Crippen LogP contribution < -0.4 is 5.73 Å². The molecule has 2 atom stereocenters. The van der Waals surface area contributed by atoms with E-state index in [0.29, 0.717) is 0 Å². The van der Waals surface area contributed by atoms with E-state index >= 15 is 0 Å². The van der Waals surface area contributed by atoms with Crippen molar-refractivity contribution in [2.75, 3.05) is 13.1 Å². The third-order valence-electron chi connectivity index (χ3n) is 4.92. The Morgan fingerprint density at radius 2 is 2.05 bits per heavy atom. The zero-order valence-electron chi connectivity index (χ0n) is 12.6. The summed E-state index contributed by atoms with van der Waals surface area (Å²) >= 11 is 0. The minimum absolute atomic E-state index is 0.0897. The first-order valence-corrected chi connectivity index (χ1v) is 7.54. The van der Waals surface area contributed by atoms with E-state index in [2.05, 4.69) is 28.3 Å². The van der Waals surface area contributed by atoms with Gasteiger partial charge in [0.2, 0.25) is 0 Å². The molecular weight excluding hydrogens is 236 g/mol. The van der Waals surface area contributed by atoms with E-state index in [1.807, 2.05) is 19.4 Å². The molecule has 1 aliphatic rings. The van der Waals surface area contributed by atoms with Gasteiger partial charge in [-0.25, -0.2) is 4.98 Å².